The zero-order valence-electron chi connectivity index (χ0n) is 17.2. The quantitative estimate of drug-likeness (QED) is 0.401. The molecule has 1 radical (unpaired) electrons. The molecular formula is C21H16FLiN5O3S. The number of urea groups is 1. The molecule has 0 spiro atoms. The largest absolute Gasteiger partial charge is 0.478 e. The van der Waals surface area contributed by atoms with E-state index in [1.54, 1.807) is 37.4 Å². The molecule has 3 N–H and O–H groups in total. The van der Waals surface area contributed by atoms with Crippen LogP contribution < -0.4 is 10.6 Å². The summed E-state index contributed by atoms with van der Waals surface area (Å²) >= 11 is 1.13. The van der Waals surface area contributed by atoms with E-state index in [9.17, 15) is 14.7 Å². The number of carboxylic acid groups (broad SMARTS) is 1. The minimum atomic E-state index is -1.16. The Morgan fingerprint density at radius 3 is 2.69 bits per heavy atom. The molecule has 0 aliphatic carbocycles. The number of aromatic nitrogens is 3. The fraction of sp³-hybridized carbons (Fsp3) is 0.0952. The van der Waals surface area contributed by atoms with Gasteiger partial charge >= 0.3 is 12.0 Å². The number of hydrogen-bond acceptors (Lipinski definition) is 6. The van der Waals surface area contributed by atoms with Crippen LogP contribution in [0, 0.1) is 5.82 Å². The third kappa shape index (κ3) is 4.62. The molecule has 2 amide bonds. The number of rotatable bonds is 5. The number of benzene rings is 1. The fourth-order valence-corrected chi connectivity index (χ4v) is 4.01. The van der Waals surface area contributed by atoms with Crippen molar-refractivity contribution in [2.75, 3.05) is 11.9 Å². The summed E-state index contributed by atoms with van der Waals surface area (Å²) in [6.07, 6.45) is 4.20. The molecule has 0 saturated heterocycles. The molecule has 0 fully saturated rings. The van der Waals surface area contributed by atoms with Gasteiger partial charge in [0.15, 0.2) is 10.9 Å². The van der Waals surface area contributed by atoms with Crippen LogP contribution in [-0.2, 0) is 0 Å². The molecule has 157 valence electrons. The summed E-state index contributed by atoms with van der Waals surface area (Å²) < 4.78 is 16.0. The number of nitrogens with one attached hydrogen (secondary N) is 2. The number of pyridine rings is 2. The Morgan fingerprint density at radius 2 is 2.00 bits per heavy atom. The van der Waals surface area contributed by atoms with Gasteiger partial charge in [0.25, 0.3) is 0 Å². The summed E-state index contributed by atoms with van der Waals surface area (Å²) in [5.74, 6) is -1.80. The van der Waals surface area contributed by atoms with Crippen molar-refractivity contribution in [2.45, 2.75) is 6.92 Å². The van der Waals surface area contributed by atoms with Gasteiger partial charge in [-0.25, -0.2) is 19.0 Å². The third-order valence-electron chi connectivity index (χ3n) is 4.40. The van der Waals surface area contributed by atoms with Crippen molar-refractivity contribution in [2.24, 2.45) is 0 Å². The van der Waals surface area contributed by atoms with Gasteiger partial charge in [0.2, 0.25) is 0 Å². The number of aromatic carboxylic acids is 1. The van der Waals surface area contributed by atoms with E-state index in [0.717, 1.165) is 11.3 Å². The minimum absolute atomic E-state index is 0. The molecular weight excluding hydrogens is 428 g/mol. The van der Waals surface area contributed by atoms with Crippen LogP contribution in [0.4, 0.5) is 14.3 Å². The second-order valence-electron chi connectivity index (χ2n) is 6.45. The SMILES string of the molecule is CCNC(=O)Nc1nc2c(F)c(-c3cncc(C(=O)O)c3)cc(-c3ccccn3)c2s1.[Li]. The molecule has 0 aliphatic rings. The first-order valence-corrected chi connectivity index (χ1v) is 10.1. The molecule has 3 aromatic heterocycles. The van der Waals surface area contributed by atoms with E-state index in [1.807, 2.05) is 0 Å². The zero-order chi connectivity index (χ0) is 22.0. The molecule has 0 unspecified atom stereocenters. The first-order chi connectivity index (χ1) is 15.0. The average Bonchev–Trinajstić information content (AvgIpc) is 3.19. The Labute approximate surface area is 198 Å². The van der Waals surface area contributed by atoms with Crippen molar-refractivity contribution in [1.82, 2.24) is 20.3 Å². The van der Waals surface area contributed by atoms with Crippen molar-refractivity contribution in [1.29, 1.82) is 0 Å². The maximum atomic E-state index is 15.5. The number of anilines is 1. The molecule has 11 heteroatoms. The number of hydrogen-bond donors (Lipinski definition) is 3. The number of amides is 2. The topological polar surface area (TPSA) is 117 Å². The van der Waals surface area contributed by atoms with Crippen LogP contribution in [0.25, 0.3) is 32.6 Å². The standard InChI is InChI=1S/C21H16FN5O3S.Li/c1-2-24-20(30)27-21-26-17-16(22)13(11-7-12(19(28)29)10-23-9-11)8-14(18(17)31-21)15-5-3-4-6-25-15;/h3-10H,2H2,1H3,(H,28,29)(H2,24,26,27,30);. The molecule has 0 atom stereocenters. The first kappa shape index (κ1) is 23.3. The predicted molar refractivity (Wildman–Crippen MR) is 121 cm³/mol. The van der Waals surface area contributed by atoms with Crippen molar-refractivity contribution in [3.63, 3.8) is 0 Å². The van der Waals surface area contributed by atoms with Crippen LogP contribution in [0.2, 0.25) is 0 Å². The van der Waals surface area contributed by atoms with Crippen molar-refractivity contribution < 1.29 is 19.1 Å². The summed E-state index contributed by atoms with van der Waals surface area (Å²) in [6, 6.07) is 7.84. The average molecular weight is 444 g/mol. The number of thiazole rings is 1. The summed E-state index contributed by atoms with van der Waals surface area (Å²) in [4.78, 5) is 35.8. The number of carboxylic acids is 1. The Balaban J connectivity index is 0.00000289. The monoisotopic (exact) mass is 444 g/mol. The molecule has 4 rings (SSSR count). The minimum Gasteiger partial charge on any atom is -0.478 e. The van der Waals surface area contributed by atoms with Gasteiger partial charge in [0.05, 0.1) is 16.0 Å². The number of carbonyl (C=O) groups excluding carboxylic acids is 1. The maximum absolute atomic E-state index is 15.5. The van der Waals surface area contributed by atoms with Crippen LogP contribution in [0.5, 0.6) is 0 Å². The number of carbonyl (C=O) groups is 2. The normalized spacial score (nSPS) is 10.4. The Morgan fingerprint density at radius 1 is 1.19 bits per heavy atom. The van der Waals surface area contributed by atoms with Crippen molar-refractivity contribution >= 4 is 57.5 Å². The maximum Gasteiger partial charge on any atom is 0.337 e. The van der Waals surface area contributed by atoms with Gasteiger partial charge in [-0.3, -0.25) is 15.3 Å². The molecule has 8 nitrogen and oxygen atoms in total. The Bertz CT molecular complexity index is 1300. The molecule has 0 bridgehead atoms. The van der Waals surface area contributed by atoms with E-state index in [-0.39, 0.29) is 40.6 Å². The molecule has 0 saturated carbocycles. The number of nitrogens with zero attached hydrogens (tertiary/aromatic N) is 3. The van der Waals surface area contributed by atoms with E-state index in [4.69, 9.17) is 0 Å². The van der Waals surface area contributed by atoms with Crippen molar-refractivity contribution in [3.8, 4) is 22.4 Å². The molecule has 4 aromatic rings. The van der Waals surface area contributed by atoms with Crippen LogP contribution in [0.1, 0.15) is 17.3 Å². The van der Waals surface area contributed by atoms with Crippen LogP contribution >= 0.6 is 11.3 Å². The Hall–Kier alpha value is -3.32. The van der Waals surface area contributed by atoms with E-state index >= 15 is 4.39 Å². The van der Waals surface area contributed by atoms with Gasteiger partial charge in [0, 0.05) is 60.7 Å². The molecule has 32 heavy (non-hydrogen) atoms. The van der Waals surface area contributed by atoms with Gasteiger partial charge in [-0.2, -0.15) is 0 Å². The second-order valence-corrected chi connectivity index (χ2v) is 7.45. The van der Waals surface area contributed by atoms with E-state index in [1.165, 1.54) is 18.5 Å². The van der Waals surface area contributed by atoms with Crippen LogP contribution in [0.15, 0.2) is 48.9 Å². The van der Waals surface area contributed by atoms with E-state index < -0.39 is 17.8 Å². The van der Waals surface area contributed by atoms with Gasteiger partial charge in [-0.05, 0) is 31.2 Å². The van der Waals surface area contributed by atoms with Gasteiger partial charge in [-0.1, -0.05) is 17.4 Å². The fourth-order valence-electron chi connectivity index (χ4n) is 3.03. The third-order valence-corrected chi connectivity index (χ3v) is 5.40. The summed E-state index contributed by atoms with van der Waals surface area (Å²) in [6.45, 7) is 2.21. The number of halogens is 1. The number of fused-ring (bicyclic) bond motifs is 1. The molecule has 0 aliphatic heterocycles. The van der Waals surface area contributed by atoms with Gasteiger partial charge < -0.3 is 10.4 Å². The van der Waals surface area contributed by atoms with E-state index in [2.05, 4.69) is 25.6 Å². The first-order valence-electron chi connectivity index (χ1n) is 9.26. The van der Waals surface area contributed by atoms with Gasteiger partial charge in [0.1, 0.15) is 5.52 Å². The summed E-state index contributed by atoms with van der Waals surface area (Å²) in [5.41, 5.74) is 1.61. The van der Waals surface area contributed by atoms with Crippen LogP contribution in [0.3, 0.4) is 0 Å². The van der Waals surface area contributed by atoms with Gasteiger partial charge in [-0.15, -0.1) is 0 Å². The Kier molecular flexibility index (Phi) is 7.20. The predicted octanol–water partition coefficient (Wildman–Crippen LogP) is 4.02. The smallest absolute Gasteiger partial charge is 0.337 e. The van der Waals surface area contributed by atoms with Crippen molar-refractivity contribution in [3.05, 3.63) is 60.3 Å². The zero-order valence-corrected chi connectivity index (χ0v) is 18.0. The summed E-state index contributed by atoms with van der Waals surface area (Å²) in [5, 5.41) is 14.7. The second kappa shape index (κ2) is 9.87. The summed E-state index contributed by atoms with van der Waals surface area (Å²) in [7, 11) is 0. The van der Waals surface area contributed by atoms with E-state index in [0.29, 0.717) is 28.1 Å². The van der Waals surface area contributed by atoms with Crippen LogP contribution in [-0.4, -0.2) is 57.5 Å². The molecule has 1 aromatic carbocycles. The molecule has 3 heterocycles.